The van der Waals surface area contributed by atoms with Crippen molar-refractivity contribution in [3.63, 3.8) is 0 Å². The highest BCUT2D eigenvalue weighted by atomic mass is 32.2. The Bertz CT molecular complexity index is 302. The van der Waals surface area contributed by atoms with E-state index in [1.54, 1.807) is 6.33 Å². The van der Waals surface area contributed by atoms with Crippen molar-refractivity contribution >= 4 is 23.5 Å². The van der Waals surface area contributed by atoms with Crippen LogP contribution in [0, 0.1) is 13.8 Å². The number of nitrogens with zero attached hydrogens (tertiary/aromatic N) is 2. The minimum Gasteiger partial charge on any atom is -0.241 e. The number of hydrogen-bond acceptors (Lipinski definition) is 4. The zero-order valence-electron chi connectivity index (χ0n) is 8.49. The lowest BCUT2D eigenvalue weighted by Crippen LogP contribution is -2.05. The van der Waals surface area contributed by atoms with Crippen LogP contribution in [0.1, 0.15) is 17.0 Å². The van der Waals surface area contributed by atoms with E-state index >= 15 is 0 Å². The van der Waals surface area contributed by atoms with Crippen molar-refractivity contribution in [1.29, 1.82) is 0 Å². The first kappa shape index (κ1) is 10.3. The normalized spacial score (nSPS) is 17.6. The van der Waals surface area contributed by atoms with Crippen LogP contribution in [0.4, 0.5) is 0 Å². The molecule has 14 heavy (non-hydrogen) atoms. The van der Waals surface area contributed by atoms with Crippen LogP contribution in [0.25, 0.3) is 0 Å². The third-order valence-corrected chi connectivity index (χ3v) is 5.47. The molecule has 0 spiro atoms. The molecular weight excluding hydrogens is 212 g/mol. The van der Waals surface area contributed by atoms with Crippen LogP contribution < -0.4 is 0 Å². The van der Waals surface area contributed by atoms with Crippen molar-refractivity contribution in [2.45, 2.75) is 24.9 Å². The fourth-order valence-corrected chi connectivity index (χ4v) is 4.43. The minimum atomic E-state index is 0.721. The van der Waals surface area contributed by atoms with Crippen LogP contribution in [0.2, 0.25) is 0 Å². The fourth-order valence-electron chi connectivity index (χ4n) is 1.61. The topological polar surface area (TPSA) is 25.8 Å². The predicted molar refractivity (Wildman–Crippen MR) is 63.9 cm³/mol. The Balaban J connectivity index is 2.14. The summed E-state index contributed by atoms with van der Waals surface area (Å²) in [5.41, 5.74) is 3.63. The maximum atomic E-state index is 4.25. The average molecular weight is 226 g/mol. The lowest BCUT2D eigenvalue weighted by molar-refractivity contribution is 0.948. The molecule has 0 aromatic carbocycles. The van der Waals surface area contributed by atoms with Crippen molar-refractivity contribution in [3.8, 4) is 0 Å². The lowest BCUT2D eigenvalue weighted by atomic mass is 10.1. The van der Waals surface area contributed by atoms with Gasteiger partial charge < -0.3 is 0 Å². The predicted octanol–water partition coefficient (Wildman–Crippen LogP) is 2.44. The first-order valence-electron chi connectivity index (χ1n) is 4.77. The standard InChI is InChI=1S/C10H14N2S2/c1-7-9(8(2)12-6-11-7)5-10-13-3-4-14-10/h6,10H,3-5H2,1-2H3. The smallest absolute Gasteiger partial charge is 0.115 e. The van der Waals surface area contributed by atoms with Gasteiger partial charge in [-0.05, 0) is 25.8 Å². The van der Waals surface area contributed by atoms with E-state index in [1.807, 2.05) is 0 Å². The molecule has 0 aliphatic carbocycles. The molecular formula is C10H14N2S2. The largest absolute Gasteiger partial charge is 0.241 e. The second kappa shape index (κ2) is 4.53. The molecule has 1 aromatic heterocycles. The molecule has 0 unspecified atom stereocenters. The molecule has 0 amide bonds. The molecule has 1 aliphatic heterocycles. The first-order valence-corrected chi connectivity index (χ1v) is 6.87. The molecule has 0 saturated carbocycles. The fraction of sp³-hybridized carbons (Fsp3) is 0.600. The van der Waals surface area contributed by atoms with Gasteiger partial charge in [0.2, 0.25) is 0 Å². The van der Waals surface area contributed by atoms with E-state index in [0.717, 1.165) is 22.4 Å². The first-order chi connectivity index (χ1) is 6.77. The van der Waals surface area contributed by atoms with Crippen LogP contribution in [0.15, 0.2) is 6.33 Å². The molecule has 0 atom stereocenters. The van der Waals surface area contributed by atoms with Gasteiger partial charge in [-0.3, -0.25) is 0 Å². The number of aromatic nitrogens is 2. The Labute approximate surface area is 93.3 Å². The molecule has 0 bridgehead atoms. The van der Waals surface area contributed by atoms with Crippen molar-refractivity contribution < 1.29 is 0 Å². The number of rotatable bonds is 2. The maximum Gasteiger partial charge on any atom is 0.115 e. The van der Waals surface area contributed by atoms with Gasteiger partial charge in [0.1, 0.15) is 6.33 Å². The van der Waals surface area contributed by atoms with Crippen LogP contribution in [-0.2, 0) is 6.42 Å². The van der Waals surface area contributed by atoms with Crippen molar-refractivity contribution in [2.24, 2.45) is 0 Å². The summed E-state index contributed by atoms with van der Waals surface area (Å²) >= 11 is 4.12. The van der Waals surface area contributed by atoms with Gasteiger partial charge in [-0.25, -0.2) is 9.97 Å². The van der Waals surface area contributed by atoms with E-state index in [0.29, 0.717) is 0 Å². The second-order valence-electron chi connectivity index (χ2n) is 3.40. The zero-order valence-corrected chi connectivity index (χ0v) is 10.1. The SMILES string of the molecule is Cc1ncnc(C)c1CC1SCCS1. The Morgan fingerprint density at radius 2 is 1.79 bits per heavy atom. The van der Waals surface area contributed by atoms with E-state index in [2.05, 4.69) is 47.3 Å². The van der Waals surface area contributed by atoms with Gasteiger partial charge >= 0.3 is 0 Å². The molecule has 4 heteroatoms. The number of thioether (sulfide) groups is 2. The Kier molecular flexibility index (Phi) is 3.34. The molecule has 76 valence electrons. The van der Waals surface area contributed by atoms with Gasteiger partial charge in [0.25, 0.3) is 0 Å². The van der Waals surface area contributed by atoms with Crippen LogP contribution >= 0.6 is 23.5 Å². The molecule has 1 aliphatic rings. The van der Waals surface area contributed by atoms with Gasteiger partial charge in [-0.2, -0.15) is 0 Å². The summed E-state index contributed by atoms with van der Waals surface area (Å²) < 4.78 is 0.721. The summed E-state index contributed by atoms with van der Waals surface area (Å²) in [5, 5.41) is 0. The Morgan fingerprint density at radius 1 is 1.21 bits per heavy atom. The van der Waals surface area contributed by atoms with E-state index in [-0.39, 0.29) is 0 Å². The van der Waals surface area contributed by atoms with Gasteiger partial charge in [-0.15, -0.1) is 23.5 Å². The zero-order chi connectivity index (χ0) is 9.97. The summed E-state index contributed by atoms with van der Waals surface area (Å²) in [4.78, 5) is 8.50. The molecule has 1 aromatic rings. The third kappa shape index (κ3) is 2.23. The molecule has 1 fully saturated rings. The van der Waals surface area contributed by atoms with Gasteiger partial charge in [0.05, 0.1) is 4.58 Å². The molecule has 1 saturated heterocycles. The average Bonchev–Trinajstić information content (AvgIpc) is 2.64. The highest BCUT2D eigenvalue weighted by molar-refractivity contribution is 8.20. The minimum absolute atomic E-state index is 0.721. The lowest BCUT2D eigenvalue weighted by Gasteiger charge is -2.11. The third-order valence-electron chi connectivity index (χ3n) is 2.44. The van der Waals surface area contributed by atoms with E-state index in [1.165, 1.54) is 17.1 Å². The Morgan fingerprint density at radius 3 is 2.36 bits per heavy atom. The summed E-state index contributed by atoms with van der Waals surface area (Å²) in [5.74, 6) is 2.59. The van der Waals surface area contributed by atoms with Crippen LogP contribution in [0.5, 0.6) is 0 Å². The van der Waals surface area contributed by atoms with Crippen molar-refractivity contribution in [1.82, 2.24) is 9.97 Å². The van der Waals surface area contributed by atoms with E-state index < -0.39 is 0 Å². The maximum absolute atomic E-state index is 4.25. The second-order valence-corrected chi connectivity index (χ2v) is 6.32. The summed E-state index contributed by atoms with van der Waals surface area (Å²) in [6.07, 6.45) is 2.77. The number of aryl methyl sites for hydroxylation is 2. The quantitative estimate of drug-likeness (QED) is 0.773. The van der Waals surface area contributed by atoms with Crippen LogP contribution in [0.3, 0.4) is 0 Å². The highest BCUT2D eigenvalue weighted by Crippen LogP contribution is 2.34. The number of hydrogen-bond donors (Lipinski definition) is 0. The highest BCUT2D eigenvalue weighted by Gasteiger charge is 2.18. The van der Waals surface area contributed by atoms with Crippen LogP contribution in [-0.4, -0.2) is 26.1 Å². The van der Waals surface area contributed by atoms with E-state index in [4.69, 9.17) is 0 Å². The summed E-state index contributed by atoms with van der Waals surface area (Å²) in [7, 11) is 0. The van der Waals surface area contributed by atoms with E-state index in [9.17, 15) is 0 Å². The van der Waals surface area contributed by atoms with Gasteiger partial charge in [0.15, 0.2) is 0 Å². The molecule has 2 nitrogen and oxygen atoms in total. The molecule has 0 radical (unpaired) electrons. The monoisotopic (exact) mass is 226 g/mol. The van der Waals surface area contributed by atoms with Crippen molar-refractivity contribution in [3.05, 3.63) is 23.3 Å². The molecule has 0 N–H and O–H groups in total. The summed E-state index contributed by atoms with van der Waals surface area (Å²) in [6, 6.07) is 0. The van der Waals surface area contributed by atoms with Crippen molar-refractivity contribution in [2.75, 3.05) is 11.5 Å². The molecule has 2 heterocycles. The van der Waals surface area contributed by atoms with Gasteiger partial charge in [0, 0.05) is 22.9 Å². The van der Waals surface area contributed by atoms with Gasteiger partial charge in [-0.1, -0.05) is 0 Å². The summed E-state index contributed by atoms with van der Waals surface area (Å²) in [6.45, 7) is 4.16. The Hall–Kier alpha value is -0.220. The molecule has 2 rings (SSSR count).